The fourth-order valence-electron chi connectivity index (χ4n) is 2.91. The second-order valence-electron chi connectivity index (χ2n) is 5.29. The molecule has 0 aliphatic heterocycles. The molecule has 0 bridgehead atoms. The van der Waals surface area contributed by atoms with Gasteiger partial charge in [-0.3, -0.25) is 0 Å². The average molecular weight is 289 g/mol. The molecule has 0 aliphatic rings. The van der Waals surface area contributed by atoms with Crippen molar-refractivity contribution in [1.82, 2.24) is 4.98 Å². The summed E-state index contributed by atoms with van der Waals surface area (Å²) in [6, 6.07) is 17.5. The van der Waals surface area contributed by atoms with Gasteiger partial charge in [0.25, 0.3) is 0 Å². The Hall–Kier alpha value is -2.81. The van der Waals surface area contributed by atoms with Crippen molar-refractivity contribution in [2.24, 2.45) is 0 Å². The van der Waals surface area contributed by atoms with Crippen LogP contribution in [0.2, 0.25) is 0 Å². The lowest BCUT2D eigenvalue weighted by atomic mass is 10.0. The monoisotopic (exact) mass is 289 g/mol. The molecule has 0 fully saturated rings. The van der Waals surface area contributed by atoms with Gasteiger partial charge < -0.3 is 9.52 Å². The van der Waals surface area contributed by atoms with Crippen LogP contribution >= 0.6 is 0 Å². The smallest absolute Gasteiger partial charge is 0.227 e. The first-order valence-electron chi connectivity index (χ1n) is 7.38. The lowest BCUT2D eigenvalue weighted by Crippen LogP contribution is -1.87. The van der Waals surface area contributed by atoms with Crippen LogP contribution in [-0.4, -0.2) is 10.1 Å². The summed E-state index contributed by atoms with van der Waals surface area (Å²) in [5.41, 5.74) is 3.26. The van der Waals surface area contributed by atoms with E-state index in [0.717, 1.165) is 33.0 Å². The molecular formula is C19H15NO2. The second kappa shape index (κ2) is 4.88. The first kappa shape index (κ1) is 12.9. The van der Waals surface area contributed by atoms with Crippen molar-refractivity contribution in [2.45, 2.75) is 13.3 Å². The molecule has 0 aliphatic carbocycles. The van der Waals surface area contributed by atoms with Crippen molar-refractivity contribution in [1.29, 1.82) is 0 Å². The van der Waals surface area contributed by atoms with Gasteiger partial charge in [-0.1, -0.05) is 49.4 Å². The maximum Gasteiger partial charge on any atom is 0.227 e. The molecule has 0 saturated heterocycles. The fraction of sp³-hybridized carbons (Fsp3) is 0.105. The Bertz CT molecular complexity index is 971. The minimum Gasteiger partial charge on any atom is -0.507 e. The van der Waals surface area contributed by atoms with E-state index in [1.54, 1.807) is 0 Å². The van der Waals surface area contributed by atoms with Crippen LogP contribution in [0.4, 0.5) is 0 Å². The number of phenolic OH excluding ortho intramolecular Hbond substituents is 1. The number of oxazole rings is 1. The third-order valence-corrected chi connectivity index (χ3v) is 4.00. The number of benzene rings is 3. The number of aryl methyl sites for hydroxylation is 1. The normalized spacial score (nSPS) is 11.3. The van der Waals surface area contributed by atoms with Gasteiger partial charge in [-0.15, -0.1) is 0 Å². The number of fused-ring (bicyclic) bond motifs is 3. The molecule has 0 saturated carbocycles. The highest BCUT2D eigenvalue weighted by Crippen LogP contribution is 2.39. The van der Waals surface area contributed by atoms with Crippen molar-refractivity contribution >= 4 is 21.9 Å². The van der Waals surface area contributed by atoms with Crippen LogP contribution in [0.25, 0.3) is 33.3 Å². The SMILES string of the molecule is CCc1c(O)c2ccccc2c2oc(-c3ccccc3)nc12. The van der Waals surface area contributed by atoms with Crippen LogP contribution < -0.4 is 0 Å². The Balaban J connectivity index is 2.12. The van der Waals surface area contributed by atoms with Gasteiger partial charge in [-0.05, 0) is 18.6 Å². The summed E-state index contributed by atoms with van der Waals surface area (Å²) in [6.07, 6.45) is 0.702. The van der Waals surface area contributed by atoms with Crippen LogP contribution in [0.15, 0.2) is 59.0 Å². The van der Waals surface area contributed by atoms with E-state index in [4.69, 9.17) is 4.42 Å². The molecule has 0 radical (unpaired) electrons. The van der Waals surface area contributed by atoms with E-state index in [2.05, 4.69) is 4.98 Å². The van der Waals surface area contributed by atoms with Crippen molar-refractivity contribution in [3.05, 3.63) is 60.2 Å². The predicted molar refractivity (Wildman–Crippen MR) is 88.0 cm³/mol. The summed E-state index contributed by atoms with van der Waals surface area (Å²) >= 11 is 0. The first-order valence-corrected chi connectivity index (χ1v) is 7.38. The maximum atomic E-state index is 10.5. The van der Waals surface area contributed by atoms with E-state index in [-0.39, 0.29) is 0 Å². The standard InChI is InChI=1S/C19H15NO2/c1-2-13-16-18(15-11-7-6-10-14(15)17(13)21)22-19(20-16)12-8-4-3-5-9-12/h3-11,21H,2H2,1H3. The van der Waals surface area contributed by atoms with Crippen molar-refractivity contribution in [3.8, 4) is 17.2 Å². The Morgan fingerprint density at radius 3 is 2.36 bits per heavy atom. The zero-order valence-corrected chi connectivity index (χ0v) is 12.2. The third kappa shape index (κ3) is 1.79. The minimum absolute atomic E-state index is 0.304. The molecule has 22 heavy (non-hydrogen) atoms. The number of hydrogen-bond acceptors (Lipinski definition) is 3. The molecule has 108 valence electrons. The van der Waals surface area contributed by atoms with Gasteiger partial charge in [-0.25, -0.2) is 4.98 Å². The van der Waals surface area contributed by atoms with Crippen molar-refractivity contribution in [3.63, 3.8) is 0 Å². The highest BCUT2D eigenvalue weighted by atomic mass is 16.3. The molecule has 3 aromatic carbocycles. The zero-order chi connectivity index (χ0) is 15.1. The van der Waals surface area contributed by atoms with Crippen LogP contribution in [0.1, 0.15) is 12.5 Å². The molecular weight excluding hydrogens is 274 g/mol. The lowest BCUT2D eigenvalue weighted by Gasteiger charge is -2.06. The minimum atomic E-state index is 0.304. The molecule has 0 atom stereocenters. The van der Waals surface area contributed by atoms with E-state index >= 15 is 0 Å². The van der Waals surface area contributed by atoms with Crippen LogP contribution in [-0.2, 0) is 6.42 Å². The third-order valence-electron chi connectivity index (χ3n) is 4.00. The van der Waals surface area contributed by atoms with E-state index < -0.39 is 0 Å². The number of aromatic hydroxyl groups is 1. The summed E-state index contributed by atoms with van der Waals surface area (Å²) in [6.45, 7) is 2.01. The van der Waals surface area contributed by atoms with Crippen LogP contribution in [0.3, 0.4) is 0 Å². The number of hydrogen-bond donors (Lipinski definition) is 1. The predicted octanol–water partition coefficient (Wildman–Crippen LogP) is 4.92. The summed E-state index contributed by atoms with van der Waals surface area (Å²) in [5.74, 6) is 0.888. The van der Waals surface area contributed by atoms with E-state index in [0.29, 0.717) is 18.1 Å². The van der Waals surface area contributed by atoms with Gasteiger partial charge in [0.2, 0.25) is 5.89 Å². The number of rotatable bonds is 2. The number of nitrogens with zero attached hydrogens (tertiary/aromatic N) is 1. The maximum absolute atomic E-state index is 10.5. The highest BCUT2D eigenvalue weighted by Gasteiger charge is 2.18. The topological polar surface area (TPSA) is 46.3 Å². The fourth-order valence-corrected chi connectivity index (χ4v) is 2.91. The molecule has 4 aromatic rings. The Morgan fingerprint density at radius 1 is 0.955 bits per heavy atom. The molecule has 0 spiro atoms. The Labute approximate surface area is 127 Å². The van der Waals surface area contributed by atoms with E-state index in [9.17, 15) is 5.11 Å². The van der Waals surface area contributed by atoms with Gasteiger partial charge in [-0.2, -0.15) is 0 Å². The van der Waals surface area contributed by atoms with Crippen LogP contribution in [0.5, 0.6) is 5.75 Å². The quantitative estimate of drug-likeness (QED) is 0.570. The van der Waals surface area contributed by atoms with Gasteiger partial charge in [0.1, 0.15) is 11.3 Å². The average Bonchev–Trinajstić information content (AvgIpc) is 3.01. The summed E-state index contributed by atoms with van der Waals surface area (Å²) < 4.78 is 6.04. The Kier molecular flexibility index (Phi) is 2.86. The van der Waals surface area contributed by atoms with Gasteiger partial charge in [0.05, 0.1) is 0 Å². The molecule has 3 heteroatoms. The van der Waals surface area contributed by atoms with Crippen molar-refractivity contribution < 1.29 is 9.52 Å². The highest BCUT2D eigenvalue weighted by molar-refractivity contribution is 6.08. The molecule has 0 amide bonds. The lowest BCUT2D eigenvalue weighted by molar-refractivity contribution is 0.476. The molecule has 1 aromatic heterocycles. The van der Waals surface area contributed by atoms with E-state index in [1.807, 2.05) is 61.5 Å². The molecule has 4 rings (SSSR count). The molecule has 1 N–H and O–H groups in total. The van der Waals surface area contributed by atoms with Gasteiger partial charge in [0.15, 0.2) is 5.58 Å². The second-order valence-corrected chi connectivity index (χ2v) is 5.29. The van der Waals surface area contributed by atoms with E-state index in [1.165, 1.54) is 0 Å². The first-order chi connectivity index (χ1) is 10.8. The summed E-state index contributed by atoms with van der Waals surface area (Å²) in [7, 11) is 0. The zero-order valence-electron chi connectivity index (χ0n) is 12.2. The van der Waals surface area contributed by atoms with Crippen LogP contribution in [0, 0.1) is 0 Å². The summed E-state index contributed by atoms with van der Waals surface area (Å²) in [5, 5.41) is 12.2. The molecule has 3 nitrogen and oxygen atoms in total. The number of phenols is 1. The molecule has 0 unspecified atom stereocenters. The van der Waals surface area contributed by atoms with Crippen molar-refractivity contribution in [2.75, 3.05) is 0 Å². The summed E-state index contributed by atoms with van der Waals surface area (Å²) in [4.78, 5) is 4.64. The Morgan fingerprint density at radius 2 is 1.64 bits per heavy atom. The van der Waals surface area contributed by atoms with Gasteiger partial charge >= 0.3 is 0 Å². The number of aromatic nitrogens is 1. The largest absolute Gasteiger partial charge is 0.507 e. The van der Waals surface area contributed by atoms with Gasteiger partial charge in [0, 0.05) is 21.9 Å². The molecule has 1 heterocycles.